The standard InChI is InChI=1S/C23H17ClF2N2O2/c24-17-6-1-4-16(13-17)23(30)28-11-3-5-14-12-15(9-10-20(14)28)22(29)27-21-18(25)7-2-8-19(21)26/h1-2,4,6-10,12-13H,3,5,11H2,(H,27,29). The van der Waals surface area contributed by atoms with Gasteiger partial charge in [0.1, 0.15) is 17.3 Å². The highest BCUT2D eigenvalue weighted by molar-refractivity contribution is 6.31. The second-order valence-corrected chi connectivity index (χ2v) is 7.40. The van der Waals surface area contributed by atoms with Gasteiger partial charge in [0, 0.05) is 28.4 Å². The van der Waals surface area contributed by atoms with Crippen molar-refractivity contribution in [2.24, 2.45) is 0 Å². The number of hydrogen-bond donors (Lipinski definition) is 1. The number of hydrogen-bond acceptors (Lipinski definition) is 2. The summed E-state index contributed by atoms with van der Waals surface area (Å²) < 4.78 is 27.6. The molecule has 1 aliphatic rings. The second kappa shape index (κ2) is 8.24. The number of anilines is 2. The zero-order valence-electron chi connectivity index (χ0n) is 15.8. The van der Waals surface area contributed by atoms with Gasteiger partial charge < -0.3 is 10.2 Å². The Morgan fingerprint density at radius 3 is 2.40 bits per heavy atom. The second-order valence-electron chi connectivity index (χ2n) is 6.96. The molecule has 1 N–H and O–H groups in total. The van der Waals surface area contributed by atoms with E-state index >= 15 is 0 Å². The lowest BCUT2D eigenvalue weighted by Gasteiger charge is -2.30. The van der Waals surface area contributed by atoms with Gasteiger partial charge in [-0.1, -0.05) is 23.7 Å². The molecule has 0 saturated heterocycles. The van der Waals surface area contributed by atoms with Gasteiger partial charge in [0.2, 0.25) is 0 Å². The fraction of sp³-hybridized carbons (Fsp3) is 0.130. The molecule has 1 aliphatic heterocycles. The average Bonchev–Trinajstić information content (AvgIpc) is 2.75. The summed E-state index contributed by atoms with van der Waals surface area (Å²) >= 11 is 6.00. The molecule has 152 valence electrons. The summed E-state index contributed by atoms with van der Waals surface area (Å²) in [7, 11) is 0. The van der Waals surface area contributed by atoms with E-state index in [0.29, 0.717) is 29.2 Å². The number of para-hydroxylation sites is 1. The summed E-state index contributed by atoms with van der Waals surface area (Å²) in [6.45, 7) is 0.546. The van der Waals surface area contributed by atoms with Crippen LogP contribution >= 0.6 is 11.6 Å². The maximum absolute atomic E-state index is 13.8. The molecular weight excluding hydrogens is 410 g/mol. The number of nitrogens with zero attached hydrogens (tertiary/aromatic N) is 1. The van der Waals surface area contributed by atoms with Crippen LogP contribution < -0.4 is 10.2 Å². The quantitative estimate of drug-likeness (QED) is 0.604. The van der Waals surface area contributed by atoms with E-state index in [4.69, 9.17) is 11.6 Å². The van der Waals surface area contributed by atoms with Crippen LogP contribution in [0.25, 0.3) is 0 Å². The molecule has 0 spiro atoms. The lowest BCUT2D eigenvalue weighted by Crippen LogP contribution is -2.35. The van der Waals surface area contributed by atoms with E-state index in [2.05, 4.69) is 5.32 Å². The average molecular weight is 427 g/mol. The van der Waals surface area contributed by atoms with Gasteiger partial charge in [-0.25, -0.2) is 8.78 Å². The number of nitrogens with one attached hydrogen (secondary N) is 1. The SMILES string of the molecule is O=C(Nc1c(F)cccc1F)c1ccc2c(c1)CCCN2C(=O)c1cccc(Cl)c1. The van der Waals surface area contributed by atoms with Crippen molar-refractivity contribution in [2.45, 2.75) is 12.8 Å². The molecule has 0 bridgehead atoms. The van der Waals surface area contributed by atoms with Crippen LogP contribution in [0.4, 0.5) is 20.2 Å². The number of carbonyl (C=O) groups is 2. The molecule has 1 heterocycles. The predicted octanol–water partition coefficient (Wildman–Crippen LogP) is 5.46. The van der Waals surface area contributed by atoms with Crippen molar-refractivity contribution in [1.29, 1.82) is 0 Å². The number of carbonyl (C=O) groups excluding carboxylic acids is 2. The van der Waals surface area contributed by atoms with E-state index in [1.165, 1.54) is 12.1 Å². The van der Waals surface area contributed by atoms with Gasteiger partial charge in [-0.2, -0.15) is 0 Å². The molecule has 0 aliphatic carbocycles. The number of rotatable bonds is 3. The minimum absolute atomic E-state index is 0.177. The monoisotopic (exact) mass is 426 g/mol. The fourth-order valence-electron chi connectivity index (χ4n) is 3.53. The van der Waals surface area contributed by atoms with Crippen LogP contribution in [-0.4, -0.2) is 18.4 Å². The number of aryl methyl sites for hydroxylation is 1. The minimum atomic E-state index is -0.848. The summed E-state index contributed by atoms with van der Waals surface area (Å²) in [4.78, 5) is 27.1. The van der Waals surface area contributed by atoms with E-state index in [9.17, 15) is 18.4 Å². The Bertz CT molecular complexity index is 1130. The van der Waals surface area contributed by atoms with E-state index < -0.39 is 23.2 Å². The van der Waals surface area contributed by atoms with Crippen LogP contribution in [0.15, 0.2) is 60.7 Å². The molecular formula is C23H17ClF2N2O2. The first-order valence-electron chi connectivity index (χ1n) is 9.40. The highest BCUT2D eigenvalue weighted by Crippen LogP contribution is 2.30. The van der Waals surface area contributed by atoms with E-state index in [1.54, 1.807) is 41.3 Å². The Hall–Kier alpha value is -3.25. The molecule has 4 nitrogen and oxygen atoms in total. The van der Waals surface area contributed by atoms with Gasteiger partial charge in [-0.15, -0.1) is 0 Å². The fourth-order valence-corrected chi connectivity index (χ4v) is 3.72. The highest BCUT2D eigenvalue weighted by Gasteiger charge is 2.25. The van der Waals surface area contributed by atoms with Crippen molar-refractivity contribution in [2.75, 3.05) is 16.8 Å². The molecule has 0 radical (unpaired) electrons. The van der Waals surface area contributed by atoms with Crippen LogP contribution in [0.2, 0.25) is 5.02 Å². The van der Waals surface area contributed by atoms with Crippen molar-refractivity contribution >= 4 is 34.8 Å². The summed E-state index contributed by atoms with van der Waals surface area (Å²) in [6.07, 6.45) is 1.41. The Kier molecular flexibility index (Phi) is 5.50. The molecule has 2 amide bonds. The van der Waals surface area contributed by atoms with Gasteiger partial charge >= 0.3 is 0 Å². The van der Waals surface area contributed by atoms with Gasteiger partial charge in [0.25, 0.3) is 11.8 Å². The number of fused-ring (bicyclic) bond motifs is 1. The van der Waals surface area contributed by atoms with Crippen LogP contribution in [0.5, 0.6) is 0 Å². The molecule has 3 aromatic carbocycles. The molecule has 0 aromatic heterocycles. The van der Waals surface area contributed by atoms with E-state index in [-0.39, 0.29) is 11.5 Å². The third-order valence-corrected chi connectivity index (χ3v) is 5.21. The summed E-state index contributed by atoms with van der Waals surface area (Å²) in [5, 5.41) is 2.76. The molecule has 0 atom stereocenters. The first-order valence-corrected chi connectivity index (χ1v) is 9.77. The first-order chi connectivity index (χ1) is 14.4. The maximum Gasteiger partial charge on any atom is 0.258 e. The zero-order valence-corrected chi connectivity index (χ0v) is 16.5. The number of benzene rings is 3. The highest BCUT2D eigenvalue weighted by atomic mass is 35.5. The smallest absolute Gasteiger partial charge is 0.258 e. The van der Waals surface area contributed by atoms with E-state index in [0.717, 1.165) is 24.1 Å². The van der Waals surface area contributed by atoms with Crippen molar-refractivity contribution < 1.29 is 18.4 Å². The Morgan fingerprint density at radius 2 is 1.67 bits per heavy atom. The van der Waals surface area contributed by atoms with Crippen molar-refractivity contribution in [1.82, 2.24) is 0 Å². The van der Waals surface area contributed by atoms with Crippen molar-refractivity contribution in [3.8, 4) is 0 Å². The van der Waals surface area contributed by atoms with Gasteiger partial charge in [-0.3, -0.25) is 9.59 Å². The normalized spacial score (nSPS) is 13.0. The van der Waals surface area contributed by atoms with Gasteiger partial charge in [0.15, 0.2) is 0 Å². The zero-order chi connectivity index (χ0) is 21.3. The van der Waals surface area contributed by atoms with Gasteiger partial charge in [0.05, 0.1) is 0 Å². The maximum atomic E-state index is 13.8. The lowest BCUT2D eigenvalue weighted by atomic mass is 9.98. The number of halogens is 3. The molecule has 3 aromatic rings. The molecule has 0 fully saturated rings. The summed E-state index contributed by atoms with van der Waals surface area (Å²) in [6, 6.07) is 15.0. The Balaban J connectivity index is 1.60. The lowest BCUT2D eigenvalue weighted by molar-refractivity contribution is 0.0984. The van der Waals surface area contributed by atoms with Crippen LogP contribution in [0, 0.1) is 11.6 Å². The Labute approximate surface area is 177 Å². The first kappa shape index (κ1) is 20.0. The van der Waals surface area contributed by atoms with Crippen LogP contribution in [0.1, 0.15) is 32.7 Å². The van der Waals surface area contributed by atoms with Crippen molar-refractivity contribution in [3.63, 3.8) is 0 Å². The molecule has 30 heavy (non-hydrogen) atoms. The third-order valence-electron chi connectivity index (χ3n) is 4.98. The van der Waals surface area contributed by atoms with Gasteiger partial charge in [-0.05, 0) is 66.9 Å². The van der Waals surface area contributed by atoms with E-state index in [1.807, 2.05) is 0 Å². The Morgan fingerprint density at radius 1 is 0.933 bits per heavy atom. The topological polar surface area (TPSA) is 49.4 Å². The third kappa shape index (κ3) is 3.91. The number of amides is 2. The van der Waals surface area contributed by atoms with Crippen molar-refractivity contribution in [3.05, 3.63) is 94.0 Å². The molecule has 4 rings (SSSR count). The molecule has 7 heteroatoms. The van der Waals surface area contributed by atoms with Crippen LogP contribution in [-0.2, 0) is 6.42 Å². The summed E-state index contributed by atoms with van der Waals surface area (Å²) in [5.74, 6) is -2.50. The predicted molar refractivity (Wildman–Crippen MR) is 112 cm³/mol. The molecule has 0 saturated carbocycles. The van der Waals surface area contributed by atoms with Crippen LogP contribution in [0.3, 0.4) is 0 Å². The minimum Gasteiger partial charge on any atom is -0.317 e. The largest absolute Gasteiger partial charge is 0.317 e. The molecule has 0 unspecified atom stereocenters. The summed E-state index contributed by atoms with van der Waals surface area (Å²) in [5.41, 5.74) is 1.77.